The van der Waals surface area contributed by atoms with Crippen LogP contribution in [0.1, 0.15) is 31.4 Å². The molecule has 1 aromatic rings. The van der Waals surface area contributed by atoms with E-state index in [0.29, 0.717) is 19.2 Å². The molecule has 0 heterocycles. The number of rotatable bonds is 6. The summed E-state index contributed by atoms with van der Waals surface area (Å²) in [6, 6.07) is 6.66. The molecular weight excluding hydrogens is 226 g/mol. The Labute approximate surface area is 109 Å². The van der Waals surface area contributed by atoms with E-state index in [2.05, 4.69) is 31.3 Å². The second-order valence-electron chi connectivity index (χ2n) is 5.31. The third-order valence-corrected chi connectivity index (χ3v) is 3.27. The van der Waals surface area contributed by atoms with Crippen LogP contribution in [0.2, 0.25) is 0 Å². The Kier molecular flexibility index (Phi) is 4.61. The van der Waals surface area contributed by atoms with Crippen molar-refractivity contribution in [3.05, 3.63) is 29.3 Å². The fourth-order valence-corrected chi connectivity index (χ4v) is 2.26. The minimum atomic E-state index is -0.458. The van der Waals surface area contributed by atoms with Gasteiger partial charge >= 0.3 is 0 Å². The van der Waals surface area contributed by atoms with Crippen LogP contribution in [0.3, 0.4) is 0 Å². The second-order valence-corrected chi connectivity index (χ2v) is 5.31. The van der Waals surface area contributed by atoms with Gasteiger partial charge in [0.25, 0.3) is 0 Å². The molecule has 1 aliphatic rings. The van der Waals surface area contributed by atoms with Crippen LogP contribution in [0, 0.1) is 0 Å². The van der Waals surface area contributed by atoms with Crippen LogP contribution in [0.5, 0.6) is 5.75 Å². The second kappa shape index (κ2) is 6.21. The molecule has 0 saturated heterocycles. The van der Waals surface area contributed by atoms with Crippen molar-refractivity contribution in [3.8, 4) is 5.75 Å². The quantitative estimate of drug-likeness (QED) is 0.809. The van der Waals surface area contributed by atoms with Gasteiger partial charge in [0.1, 0.15) is 18.5 Å². The highest BCUT2D eigenvalue weighted by Crippen LogP contribution is 2.25. The summed E-state index contributed by atoms with van der Waals surface area (Å²) in [6.45, 7) is 5.04. The van der Waals surface area contributed by atoms with Crippen molar-refractivity contribution in [2.75, 3.05) is 13.2 Å². The predicted molar refractivity (Wildman–Crippen MR) is 73.1 cm³/mol. The Morgan fingerprint density at radius 3 is 2.83 bits per heavy atom. The van der Waals surface area contributed by atoms with E-state index >= 15 is 0 Å². The minimum Gasteiger partial charge on any atom is -0.491 e. The predicted octanol–water partition coefficient (Wildman–Crippen LogP) is 1.91. The van der Waals surface area contributed by atoms with Crippen molar-refractivity contribution in [1.29, 1.82) is 0 Å². The monoisotopic (exact) mass is 249 g/mol. The number of nitrogens with one attached hydrogen (secondary N) is 1. The van der Waals surface area contributed by atoms with Crippen molar-refractivity contribution in [2.45, 2.75) is 45.3 Å². The molecule has 0 aliphatic heterocycles. The van der Waals surface area contributed by atoms with Crippen LogP contribution in [0.25, 0.3) is 0 Å². The zero-order valence-corrected chi connectivity index (χ0v) is 11.3. The largest absolute Gasteiger partial charge is 0.491 e. The van der Waals surface area contributed by atoms with Crippen LogP contribution >= 0.6 is 0 Å². The number of hydrogen-bond acceptors (Lipinski definition) is 3. The third-order valence-electron chi connectivity index (χ3n) is 3.27. The Hall–Kier alpha value is -1.06. The molecule has 1 atom stereocenters. The van der Waals surface area contributed by atoms with E-state index in [1.807, 2.05) is 6.07 Å². The molecule has 0 unspecified atom stereocenters. The topological polar surface area (TPSA) is 41.5 Å². The van der Waals surface area contributed by atoms with Crippen LogP contribution in [0.15, 0.2) is 18.2 Å². The molecule has 18 heavy (non-hydrogen) atoms. The number of hydrogen-bond donors (Lipinski definition) is 2. The lowest BCUT2D eigenvalue weighted by Crippen LogP contribution is -2.35. The molecule has 1 aliphatic carbocycles. The Morgan fingerprint density at radius 2 is 2.06 bits per heavy atom. The molecule has 0 spiro atoms. The molecule has 3 heteroatoms. The Bertz CT molecular complexity index is 390. The van der Waals surface area contributed by atoms with Gasteiger partial charge in [0.2, 0.25) is 0 Å². The first-order valence-corrected chi connectivity index (χ1v) is 6.81. The lowest BCUT2D eigenvalue weighted by Gasteiger charge is -2.15. The van der Waals surface area contributed by atoms with E-state index in [9.17, 15) is 5.11 Å². The van der Waals surface area contributed by atoms with Gasteiger partial charge in [-0.05, 0) is 42.5 Å². The zero-order chi connectivity index (χ0) is 13.0. The van der Waals surface area contributed by atoms with Gasteiger partial charge < -0.3 is 15.2 Å². The molecule has 0 amide bonds. The highest BCUT2D eigenvalue weighted by Gasteiger charge is 2.12. The average molecular weight is 249 g/mol. The van der Waals surface area contributed by atoms with Crippen molar-refractivity contribution in [1.82, 2.24) is 5.32 Å². The average Bonchev–Trinajstić information content (AvgIpc) is 2.81. The molecule has 2 N–H and O–H groups in total. The summed E-state index contributed by atoms with van der Waals surface area (Å²) in [5.74, 6) is 0.874. The number of benzene rings is 1. The van der Waals surface area contributed by atoms with E-state index in [1.54, 1.807) is 0 Å². The van der Waals surface area contributed by atoms with Gasteiger partial charge in [-0.25, -0.2) is 0 Å². The maximum absolute atomic E-state index is 9.77. The number of ether oxygens (including phenoxy) is 1. The first-order valence-electron chi connectivity index (χ1n) is 6.81. The summed E-state index contributed by atoms with van der Waals surface area (Å²) < 4.78 is 5.64. The zero-order valence-electron chi connectivity index (χ0n) is 11.3. The van der Waals surface area contributed by atoms with Crippen molar-refractivity contribution in [2.24, 2.45) is 0 Å². The maximum atomic E-state index is 9.77. The van der Waals surface area contributed by atoms with Crippen LogP contribution < -0.4 is 10.1 Å². The SMILES string of the molecule is CC(C)NC[C@H](O)COc1ccc2c(c1)CCC2. The number of aliphatic hydroxyl groups excluding tert-OH is 1. The van der Waals surface area contributed by atoms with Crippen molar-refractivity contribution < 1.29 is 9.84 Å². The highest BCUT2D eigenvalue weighted by molar-refractivity contribution is 5.38. The summed E-state index contributed by atoms with van der Waals surface area (Å²) in [5, 5.41) is 13.0. The summed E-state index contributed by atoms with van der Waals surface area (Å²) in [5.41, 5.74) is 2.85. The molecule has 0 aromatic heterocycles. The molecule has 0 radical (unpaired) electrons. The summed E-state index contributed by atoms with van der Waals surface area (Å²) >= 11 is 0. The first-order chi connectivity index (χ1) is 8.65. The minimum absolute atomic E-state index is 0.346. The smallest absolute Gasteiger partial charge is 0.119 e. The Balaban J connectivity index is 1.79. The lowest BCUT2D eigenvalue weighted by molar-refractivity contribution is 0.104. The molecule has 0 fully saturated rings. The lowest BCUT2D eigenvalue weighted by atomic mass is 10.1. The van der Waals surface area contributed by atoms with Crippen LogP contribution in [-0.2, 0) is 12.8 Å². The number of aliphatic hydroxyl groups is 1. The van der Waals surface area contributed by atoms with Gasteiger partial charge in [0.05, 0.1) is 0 Å². The first kappa shape index (κ1) is 13.4. The van der Waals surface area contributed by atoms with Gasteiger partial charge in [-0.1, -0.05) is 19.9 Å². The van der Waals surface area contributed by atoms with Crippen LogP contribution in [0.4, 0.5) is 0 Å². The van der Waals surface area contributed by atoms with Gasteiger partial charge in [-0.3, -0.25) is 0 Å². The molecule has 0 bridgehead atoms. The summed E-state index contributed by atoms with van der Waals surface area (Å²) in [6.07, 6.45) is 3.14. The van der Waals surface area contributed by atoms with E-state index in [0.717, 1.165) is 12.2 Å². The van der Waals surface area contributed by atoms with E-state index in [4.69, 9.17) is 4.74 Å². The maximum Gasteiger partial charge on any atom is 0.119 e. The van der Waals surface area contributed by atoms with Crippen molar-refractivity contribution >= 4 is 0 Å². The summed E-state index contributed by atoms with van der Waals surface area (Å²) in [7, 11) is 0. The molecule has 3 nitrogen and oxygen atoms in total. The molecule has 100 valence electrons. The van der Waals surface area contributed by atoms with Gasteiger partial charge in [-0.15, -0.1) is 0 Å². The highest BCUT2D eigenvalue weighted by atomic mass is 16.5. The van der Waals surface area contributed by atoms with E-state index < -0.39 is 6.10 Å². The van der Waals surface area contributed by atoms with E-state index in [-0.39, 0.29) is 0 Å². The molecule has 2 rings (SSSR count). The molecule has 1 aromatic carbocycles. The number of fused-ring (bicyclic) bond motifs is 1. The third kappa shape index (κ3) is 3.72. The van der Waals surface area contributed by atoms with Gasteiger partial charge in [0.15, 0.2) is 0 Å². The van der Waals surface area contributed by atoms with Crippen molar-refractivity contribution in [3.63, 3.8) is 0 Å². The molecule has 0 saturated carbocycles. The van der Waals surface area contributed by atoms with E-state index in [1.165, 1.54) is 24.0 Å². The Morgan fingerprint density at radius 1 is 1.28 bits per heavy atom. The molecular formula is C15H23NO2. The van der Waals surface area contributed by atoms with Gasteiger partial charge in [-0.2, -0.15) is 0 Å². The fraction of sp³-hybridized carbons (Fsp3) is 0.600. The van der Waals surface area contributed by atoms with Crippen LogP contribution in [-0.4, -0.2) is 30.4 Å². The number of aryl methyl sites for hydroxylation is 2. The van der Waals surface area contributed by atoms with Gasteiger partial charge in [0, 0.05) is 12.6 Å². The standard InChI is InChI=1S/C15H23NO2/c1-11(2)16-9-14(17)10-18-15-7-6-12-4-3-5-13(12)8-15/h6-8,11,14,16-17H,3-5,9-10H2,1-2H3/t14-/m0/s1. The normalized spacial score (nSPS) is 15.8. The summed E-state index contributed by atoms with van der Waals surface area (Å²) in [4.78, 5) is 0. The fourth-order valence-electron chi connectivity index (χ4n) is 2.26.